The molecule has 1 aromatic carbocycles. The van der Waals surface area contributed by atoms with Crippen molar-refractivity contribution in [2.45, 2.75) is 32.2 Å². The predicted molar refractivity (Wildman–Crippen MR) is 87.5 cm³/mol. The largest absolute Gasteiger partial charge is 0.493 e. The first-order valence-corrected chi connectivity index (χ1v) is 7.93. The maximum absolute atomic E-state index is 10.3. The van der Waals surface area contributed by atoms with Crippen molar-refractivity contribution in [2.75, 3.05) is 40.5 Å². The zero-order valence-corrected chi connectivity index (χ0v) is 14.3. The van der Waals surface area contributed by atoms with Crippen LogP contribution in [-0.2, 0) is 4.74 Å². The first kappa shape index (κ1) is 17.8. The maximum atomic E-state index is 10.3. The molecule has 1 aromatic rings. The van der Waals surface area contributed by atoms with Crippen LogP contribution in [0.1, 0.15) is 13.8 Å². The van der Waals surface area contributed by atoms with Gasteiger partial charge in [-0.25, -0.2) is 0 Å². The van der Waals surface area contributed by atoms with E-state index in [0.717, 1.165) is 13.1 Å². The Balaban J connectivity index is 1.90. The lowest BCUT2D eigenvalue weighted by Crippen LogP contribution is -2.48. The number of methoxy groups -OCH3 is 2. The van der Waals surface area contributed by atoms with E-state index >= 15 is 0 Å². The van der Waals surface area contributed by atoms with E-state index in [1.165, 1.54) is 0 Å². The van der Waals surface area contributed by atoms with E-state index in [0.29, 0.717) is 23.8 Å². The second-order valence-corrected chi connectivity index (χ2v) is 5.93. The normalized spacial score (nSPS) is 23.3. The molecule has 3 atom stereocenters. The highest BCUT2D eigenvalue weighted by atomic mass is 16.5. The summed E-state index contributed by atoms with van der Waals surface area (Å²) >= 11 is 0. The lowest BCUT2D eigenvalue weighted by Gasteiger charge is -2.36. The van der Waals surface area contributed by atoms with Crippen LogP contribution in [0.15, 0.2) is 18.2 Å². The van der Waals surface area contributed by atoms with Gasteiger partial charge in [-0.15, -0.1) is 0 Å². The van der Waals surface area contributed by atoms with Gasteiger partial charge in [-0.05, 0) is 26.0 Å². The molecule has 1 aliphatic heterocycles. The van der Waals surface area contributed by atoms with Crippen LogP contribution in [0.25, 0.3) is 0 Å². The minimum absolute atomic E-state index is 0.177. The summed E-state index contributed by atoms with van der Waals surface area (Å²) < 4.78 is 22.0. The minimum Gasteiger partial charge on any atom is -0.493 e. The molecule has 1 fully saturated rings. The number of aliphatic hydroxyl groups is 1. The first-order valence-electron chi connectivity index (χ1n) is 7.93. The standard InChI is InChI=1S/C17H27NO5/c1-12-8-18(9-13(2)23-12)10-14(19)11-22-17-15(20-3)6-5-7-16(17)21-4/h5-7,12-14,19H,8-11H2,1-4H3/t12-,13-,14-/m0/s1. The Labute approximate surface area is 137 Å². The summed E-state index contributed by atoms with van der Waals surface area (Å²) in [6, 6.07) is 5.43. The maximum Gasteiger partial charge on any atom is 0.203 e. The van der Waals surface area contributed by atoms with Gasteiger partial charge in [-0.2, -0.15) is 0 Å². The van der Waals surface area contributed by atoms with Crippen molar-refractivity contribution in [3.05, 3.63) is 18.2 Å². The number of hydrogen-bond acceptors (Lipinski definition) is 6. The molecule has 0 amide bonds. The topological polar surface area (TPSA) is 60.4 Å². The Kier molecular flexibility index (Phi) is 6.50. The van der Waals surface area contributed by atoms with E-state index in [1.807, 2.05) is 19.9 Å². The summed E-state index contributed by atoms with van der Waals surface area (Å²) in [5, 5.41) is 10.3. The van der Waals surface area contributed by atoms with Crippen molar-refractivity contribution < 1.29 is 24.1 Å². The quantitative estimate of drug-likeness (QED) is 0.821. The van der Waals surface area contributed by atoms with E-state index in [-0.39, 0.29) is 18.8 Å². The molecule has 0 aromatic heterocycles. The third-order valence-electron chi connectivity index (χ3n) is 3.77. The van der Waals surface area contributed by atoms with Crippen LogP contribution < -0.4 is 14.2 Å². The van der Waals surface area contributed by atoms with Crippen LogP contribution in [0.5, 0.6) is 17.2 Å². The molecule has 6 heteroatoms. The van der Waals surface area contributed by atoms with Crippen molar-refractivity contribution in [2.24, 2.45) is 0 Å². The number of rotatable bonds is 7. The third-order valence-corrected chi connectivity index (χ3v) is 3.77. The summed E-state index contributed by atoms with van der Waals surface area (Å²) in [4.78, 5) is 2.20. The Bertz CT molecular complexity index is 464. The van der Waals surface area contributed by atoms with Crippen LogP contribution in [0.2, 0.25) is 0 Å². The number of ether oxygens (including phenoxy) is 4. The second kappa shape index (κ2) is 8.38. The van der Waals surface area contributed by atoms with Crippen LogP contribution in [0, 0.1) is 0 Å². The molecule has 2 rings (SSSR count). The Morgan fingerprint density at radius 1 is 1.17 bits per heavy atom. The molecule has 1 N–H and O–H groups in total. The molecule has 1 saturated heterocycles. The number of para-hydroxylation sites is 1. The average molecular weight is 325 g/mol. The summed E-state index contributed by atoms with van der Waals surface area (Å²) in [5.74, 6) is 1.69. The second-order valence-electron chi connectivity index (χ2n) is 5.93. The molecule has 0 spiro atoms. The van der Waals surface area contributed by atoms with Crippen molar-refractivity contribution in [3.8, 4) is 17.2 Å². The smallest absolute Gasteiger partial charge is 0.203 e. The van der Waals surface area contributed by atoms with Gasteiger partial charge < -0.3 is 24.1 Å². The number of hydrogen-bond donors (Lipinski definition) is 1. The zero-order chi connectivity index (χ0) is 16.8. The summed E-state index contributed by atoms with van der Waals surface area (Å²) in [6.45, 7) is 6.46. The number of benzene rings is 1. The van der Waals surface area contributed by atoms with Gasteiger partial charge in [0.15, 0.2) is 11.5 Å². The molecule has 0 saturated carbocycles. The van der Waals surface area contributed by atoms with Gasteiger partial charge >= 0.3 is 0 Å². The van der Waals surface area contributed by atoms with E-state index in [2.05, 4.69) is 4.90 Å². The molecular formula is C17H27NO5. The fourth-order valence-electron chi connectivity index (χ4n) is 2.92. The molecule has 0 unspecified atom stereocenters. The summed E-state index contributed by atoms with van der Waals surface area (Å²) in [5.41, 5.74) is 0. The van der Waals surface area contributed by atoms with Gasteiger partial charge in [0.05, 0.1) is 26.4 Å². The number of nitrogens with zero attached hydrogens (tertiary/aromatic N) is 1. The average Bonchev–Trinajstić information content (AvgIpc) is 2.51. The van der Waals surface area contributed by atoms with E-state index in [4.69, 9.17) is 18.9 Å². The fourth-order valence-corrected chi connectivity index (χ4v) is 2.92. The van der Waals surface area contributed by atoms with Gasteiger partial charge in [-0.1, -0.05) is 6.07 Å². The van der Waals surface area contributed by atoms with Crippen LogP contribution in [-0.4, -0.2) is 68.8 Å². The van der Waals surface area contributed by atoms with Gasteiger partial charge in [0.25, 0.3) is 0 Å². The van der Waals surface area contributed by atoms with Gasteiger partial charge in [0.1, 0.15) is 12.7 Å². The third kappa shape index (κ3) is 4.99. The molecule has 0 aliphatic carbocycles. The highest BCUT2D eigenvalue weighted by molar-refractivity contribution is 5.51. The van der Waals surface area contributed by atoms with E-state index in [9.17, 15) is 5.11 Å². The number of aliphatic hydroxyl groups excluding tert-OH is 1. The minimum atomic E-state index is -0.595. The van der Waals surface area contributed by atoms with Crippen LogP contribution in [0.4, 0.5) is 0 Å². The number of morpholine rings is 1. The monoisotopic (exact) mass is 325 g/mol. The molecule has 23 heavy (non-hydrogen) atoms. The van der Waals surface area contributed by atoms with E-state index < -0.39 is 6.10 Å². The predicted octanol–water partition coefficient (Wildman–Crippen LogP) is 1.55. The SMILES string of the molecule is COc1cccc(OC)c1OC[C@@H](O)CN1C[C@H](C)O[C@@H](C)C1. The Morgan fingerprint density at radius 2 is 1.74 bits per heavy atom. The molecule has 1 heterocycles. The summed E-state index contributed by atoms with van der Waals surface area (Å²) in [6.07, 6.45) is -0.232. The molecular weight excluding hydrogens is 298 g/mol. The van der Waals surface area contributed by atoms with Crippen molar-refractivity contribution in [1.82, 2.24) is 4.90 Å². The van der Waals surface area contributed by atoms with Gasteiger partial charge in [0.2, 0.25) is 5.75 Å². The highest BCUT2D eigenvalue weighted by Crippen LogP contribution is 2.36. The zero-order valence-electron chi connectivity index (χ0n) is 14.3. The van der Waals surface area contributed by atoms with Crippen molar-refractivity contribution in [1.29, 1.82) is 0 Å². The lowest BCUT2D eigenvalue weighted by molar-refractivity contribution is -0.0787. The van der Waals surface area contributed by atoms with Crippen molar-refractivity contribution in [3.63, 3.8) is 0 Å². The van der Waals surface area contributed by atoms with Crippen LogP contribution >= 0.6 is 0 Å². The molecule has 1 aliphatic rings. The molecule has 0 radical (unpaired) electrons. The Hall–Kier alpha value is -1.50. The molecule has 0 bridgehead atoms. The van der Waals surface area contributed by atoms with E-state index in [1.54, 1.807) is 26.4 Å². The van der Waals surface area contributed by atoms with Crippen molar-refractivity contribution >= 4 is 0 Å². The fraction of sp³-hybridized carbons (Fsp3) is 0.647. The van der Waals surface area contributed by atoms with Gasteiger partial charge in [0, 0.05) is 19.6 Å². The lowest BCUT2D eigenvalue weighted by atomic mass is 10.2. The highest BCUT2D eigenvalue weighted by Gasteiger charge is 2.24. The molecule has 6 nitrogen and oxygen atoms in total. The first-order chi connectivity index (χ1) is 11.0. The number of β-amino-alcohol motifs (C(OH)–C–C–N with tert-alkyl or cyclic N) is 1. The van der Waals surface area contributed by atoms with Gasteiger partial charge in [-0.3, -0.25) is 4.90 Å². The molecule has 130 valence electrons. The van der Waals surface area contributed by atoms with Crippen LogP contribution in [0.3, 0.4) is 0 Å². The summed E-state index contributed by atoms with van der Waals surface area (Å²) in [7, 11) is 3.16. The Morgan fingerprint density at radius 3 is 2.26 bits per heavy atom.